The molecule has 0 unspecified atom stereocenters. The number of hydrogen-bond donors (Lipinski definition) is 3. The highest BCUT2D eigenvalue weighted by molar-refractivity contribution is 9.10. The van der Waals surface area contributed by atoms with E-state index >= 15 is 0 Å². The number of benzene rings is 1. The molecular weight excluding hydrogens is 466 g/mol. The lowest BCUT2D eigenvalue weighted by Crippen LogP contribution is -2.38. The number of halogens is 2. The maximum atomic E-state index is 12.3. The maximum absolute atomic E-state index is 12.3. The average Bonchev–Trinajstić information content (AvgIpc) is 3.06. The van der Waals surface area contributed by atoms with Gasteiger partial charge in [-0.3, -0.25) is 14.8 Å². The highest BCUT2D eigenvalue weighted by Crippen LogP contribution is 2.30. The van der Waals surface area contributed by atoms with Crippen LogP contribution in [-0.4, -0.2) is 66.5 Å². The monoisotopic (exact) mass is 485 g/mol. The van der Waals surface area contributed by atoms with Crippen LogP contribution in [0, 0.1) is 0 Å². The van der Waals surface area contributed by atoms with Crippen LogP contribution in [0.2, 0.25) is 5.02 Å². The molecule has 2 amide bonds. The van der Waals surface area contributed by atoms with Crippen molar-refractivity contribution in [3.8, 4) is 5.88 Å². The fraction of sp³-hybridized carbons (Fsp3) is 0.389. The van der Waals surface area contributed by atoms with Crippen LogP contribution < -0.4 is 15.4 Å². The predicted molar refractivity (Wildman–Crippen MR) is 112 cm³/mol. The first-order valence-corrected chi connectivity index (χ1v) is 10.3. The van der Waals surface area contributed by atoms with Gasteiger partial charge in [-0.25, -0.2) is 4.79 Å². The summed E-state index contributed by atoms with van der Waals surface area (Å²) in [5, 5.41) is 12.2. The van der Waals surface area contributed by atoms with E-state index in [4.69, 9.17) is 21.1 Å². The molecule has 11 heteroatoms. The Morgan fingerprint density at radius 2 is 2.07 bits per heavy atom. The van der Waals surface area contributed by atoms with Crippen molar-refractivity contribution in [1.29, 1.82) is 0 Å². The molecule has 29 heavy (non-hydrogen) atoms. The number of aromatic nitrogens is 2. The number of amides is 2. The van der Waals surface area contributed by atoms with Crippen LogP contribution in [0.5, 0.6) is 5.88 Å². The third-order valence-electron chi connectivity index (χ3n) is 4.25. The molecule has 1 aliphatic heterocycles. The molecule has 0 radical (unpaired) electrons. The third kappa shape index (κ3) is 6.17. The van der Waals surface area contributed by atoms with Gasteiger partial charge in [0, 0.05) is 19.6 Å². The molecule has 0 saturated carbocycles. The second kappa shape index (κ2) is 10.6. The lowest BCUT2D eigenvalue weighted by Gasteiger charge is -2.26. The molecule has 1 fully saturated rings. The number of nitrogens with zero attached hydrogens (tertiary/aromatic N) is 2. The van der Waals surface area contributed by atoms with E-state index in [1.165, 1.54) is 0 Å². The summed E-state index contributed by atoms with van der Waals surface area (Å²) in [6, 6.07) is 6.66. The van der Waals surface area contributed by atoms with Gasteiger partial charge in [-0.15, -0.1) is 5.10 Å². The first-order valence-electron chi connectivity index (χ1n) is 9.10. The summed E-state index contributed by atoms with van der Waals surface area (Å²) >= 11 is 9.29. The SMILES string of the molecule is O=C(NCCCN1CCOCC1)Oc1n[nH]c(NC(=O)c2ccccc2Cl)c1Br. The molecule has 1 aliphatic rings. The second-order valence-electron chi connectivity index (χ2n) is 6.28. The van der Waals surface area contributed by atoms with Gasteiger partial charge in [-0.05, 0) is 41.0 Å². The lowest BCUT2D eigenvalue weighted by atomic mass is 10.2. The van der Waals surface area contributed by atoms with E-state index < -0.39 is 12.0 Å². The molecule has 3 N–H and O–H groups in total. The smallest absolute Gasteiger partial charge is 0.388 e. The Hall–Kier alpha value is -2.14. The van der Waals surface area contributed by atoms with Crippen molar-refractivity contribution >= 4 is 45.3 Å². The maximum Gasteiger partial charge on any atom is 0.414 e. The van der Waals surface area contributed by atoms with Crippen LogP contribution in [0.15, 0.2) is 28.7 Å². The minimum absolute atomic E-state index is 0.0186. The molecular formula is C18H21BrClN5O4. The normalized spacial score (nSPS) is 14.4. The number of morpholine rings is 1. The summed E-state index contributed by atoms with van der Waals surface area (Å²) in [6.45, 7) is 4.68. The highest BCUT2D eigenvalue weighted by Gasteiger charge is 2.19. The summed E-state index contributed by atoms with van der Waals surface area (Å²) in [4.78, 5) is 26.6. The summed E-state index contributed by atoms with van der Waals surface area (Å²) in [7, 11) is 0. The molecule has 2 aromatic rings. The Balaban J connectivity index is 1.45. The topological polar surface area (TPSA) is 109 Å². The Labute approximate surface area is 181 Å². The zero-order valence-electron chi connectivity index (χ0n) is 15.5. The summed E-state index contributed by atoms with van der Waals surface area (Å²) in [5.41, 5.74) is 0.316. The van der Waals surface area contributed by atoms with Crippen molar-refractivity contribution in [2.45, 2.75) is 6.42 Å². The van der Waals surface area contributed by atoms with Crippen molar-refractivity contribution in [3.63, 3.8) is 0 Å². The molecule has 0 spiro atoms. The van der Waals surface area contributed by atoms with Crippen LogP contribution in [-0.2, 0) is 4.74 Å². The number of carbonyl (C=O) groups is 2. The van der Waals surface area contributed by atoms with Crippen molar-refractivity contribution in [2.24, 2.45) is 0 Å². The lowest BCUT2D eigenvalue weighted by molar-refractivity contribution is 0.0375. The van der Waals surface area contributed by atoms with Crippen molar-refractivity contribution < 1.29 is 19.1 Å². The number of H-pyrrole nitrogens is 1. The molecule has 1 aromatic heterocycles. The number of rotatable bonds is 7. The molecule has 1 aromatic carbocycles. The molecule has 0 atom stereocenters. The number of anilines is 1. The van der Waals surface area contributed by atoms with E-state index in [1.54, 1.807) is 24.3 Å². The van der Waals surface area contributed by atoms with Crippen LogP contribution in [0.3, 0.4) is 0 Å². The van der Waals surface area contributed by atoms with E-state index in [0.29, 0.717) is 21.6 Å². The Kier molecular flexibility index (Phi) is 7.87. The number of carbonyl (C=O) groups excluding carboxylic acids is 2. The number of aromatic amines is 1. The summed E-state index contributed by atoms with van der Waals surface area (Å²) < 4.78 is 10.8. The van der Waals surface area contributed by atoms with Gasteiger partial charge in [0.05, 0.1) is 23.8 Å². The van der Waals surface area contributed by atoms with Gasteiger partial charge in [0.25, 0.3) is 11.8 Å². The zero-order chi connectivity index (χ0) is 20.6. The van der Waals surface area contributed by atoms with Gasteiger partial charge in [-0.2, -0.15) is 0 Å². The van der Waals surface area contributed by atoms with Gasteiger partial charge < -0.3 is 20.1 Å². The molecule has 156 valence electrons. The van der Waals surface area contributed by atoms with Gasteiger partial charge in [0.15, 0.2) is 0 Å². The molecule has 3 rings (SSSR count). The van der Waals surface area contributed by atoms with Gasteiger partial charge in [0.1, 0.15) is 10.3 Å². The zero-order valence-corrected chi connectivity index (χ0v) is 17.9. The average molecular weight is 487 g/mol. The second-order valence-corrected chi connectivity index (χ2v) is 7.48. The van der Waals surface area contributed by atoms with E-state index in [9.17, 15) is 9.59 Å². The quantitative estimate of drug-likeness (QED) is 0.519. The van der Waals surface area contributed by atoms with Crippen molar-refractivity contribution in [1.82, 2.24) is 20.4 Å². The highest BCUT2D eigenvalue weighted by atomic mass is 79.9. The standard InChI is InChI=1S/C18H21BrClN5O4/c19-14-15(22-16(26)12-4-1-2-5-13(12)20)23-24-17(14)29-18(27)21-6-3-7-25-8-10-28-11-9-25/h1-2,4-5H,3,6-11H2,(H,21,27)(H2,22,23,24,26). The number of hydrogen-bond acceptors (Lipinski definition) is 6. The first kappa shape index (κ1) is 21.6. The number of ether oxygens (including phenoxy) is 2. The summed E-state index contributed by atoms with van der Waals surface area (Å²) in [6.07, 6.45) is 0.179. The minimum Gasteiger partial charge on any atom is -0.388 e. The van der Waals surface area contributed by atoms with Crippen LogP contribution in [0.25, 0.3) is 0 Å². The molecule has 1 saturated heterocycles. The molecule has 2 heterocycles. The van der Waals surface area contributed by atoms with Crippen molar-refractivity contribution in [3.05, 3.63) is 39.3 Å². The third-order valence-corrected chi connectivity index (χ3v) is 5.31. The molecule has 0 aliphatic carbocycles. The Morgan fingerprint density at radius 1 is 1.31 bits per heavy atom. The van der Waals surface area contributed by atoms with Gasteiger partial charge in [0.2, 0.25) is 0 Å². The van der Waals surface area contributed by atoms with Gasteiger partial charge >= 0.3 is 6.09 Å². The van der Waals surface area contributed by atoms with E-state index in [0.717, 1.165) is 39.3 Å². The van der Waals surface area contributed by atoms with Crippen LogP contribution in [0.4, 0.5) is 10.6 Å². The molecule has 0 bridgehead atoms. The van der Waals surface area contributed by atoms with Crippen LogP contribution >= 0.6 is 27.5 Å². The summed E-state index contributed by atoms with van der Waals surface area (Å²) in [5.74, 6) is -0.144. The van der Waals surface area contributed by atoms with Crippen molar-refractivity contribution in [2.75, 3.05) is 44.7 Å². The predicted octanol–water partition coefficient (Wildman–Crippen LogP) is 2.89. The minimum atomic E-state index is -0.622. The van der Waals surface area contributed by atoms with E-state index in [1.807, 2.05) is 0 Å². The molecule has 9 nitrogen and oxygen atoms in total. The van der Waals surface area contributed by atoms with Gasteiger partial charge in [-0.1, -0.05) is 23.7 Å². The first-order chi connectivity index (χ1) is 14.0. The largest absolute Gasteiger partial charge is 0.414 e. The van der Waals surface area contributed by atoms with Crippen LogP contribution in [0.1, 0.15) is 16.8 Å². The fourth-order valence-electron chi connectivity index (χ4n) is 2.73. The van der Waals surface area contributed by atoms with E-state index in [2.05, 4.69) is 41.7 Å². The van der Waals surface area contributed by atoms with E-state index in [-0.39, 0.29) is 11.7 Å². The Morgan fingerprint density at radius 3 is 2.83 bits per heavy atom. The number of nitrogens with one attached hydrogen (secondary N) is 3. The Bertz CT molecular complexity index is 857. The fourth-order valence-corrected chi connectivity index (χ4v) is 3.31.